The van der Waals surface area contributed by atoms with E-state index < -0.39 is 5.66 Å². The summed E-state index contributed by atoms with van der Waals surface area (Å²) in [5.74, 6) is 0.776. The van der Waals surface area contributed by atoms with E-state index in [0.717, 1.165) is 23.4 Å². The summed E-state index contributed by atoms with van der Waals surface area (Å²) in [6.07, 6.45) is 2.60. The third-order valence-corrected chi connectivity index (χ3v) is 5.53. The molecular weight excluding hydrogens is 372 g/mol. The van der Waals surface area contributed by atoms with Gasteiger partial charge in [0.1, 0.15) is 11.4 Å². The fourth-order valence-electron chi connectivity index (χ4n) is 3.90. The highest BCUT2D eigenvalue weighted by molar-refractivity contribution is 6.02. The molecule has 1 amide bonds. The van der Waals surface area contributed by atoms with E-state index >= 15 is 0 Å². The van der Waals surface area contributed by atoms with Crippen LogP contribution in [0, 0.1) is 0 Å². The predicted molar refractivity (Wildman–Crippen MR) is 121 cm³/mol. The Labute approximate surface area is 177 Å². The highest BCUT2D eigenvalue weighted by atomic mass is 16.5. The van der Waals surface area contributed by atoms with Crippen molar-refractivity contribution in [3.8, 4) is 5.75 Å². The van der Waals surface area contributed by atoms with E-state index in [1.807, 2.05) is 78.6 Å². The average molecular weight is 399 g/mol. The maximum atomic E-state index is 13.2. The Morgan fingerprint density at radius 3 is 2.60 bits per heavy atom. The lowest BCUT2D eigenvalue weighted by atomic mass is 9.93. The first-order chi connectivity index (χ1) is 14.6. The largest absolute Gasteiger partial charge is 0.493 e. The van der Waals surface area contributed by atoms with Gasteiger partial charge >= 0.3 is 0 Å². The molecule has 4 rings (SSSR count). The van der Waals surface area contributed by atoms with Crippen molar-refractivity contribution in [1.82, 2.24) is 4.90 Å². The Kier molecular flexibility index (Phi) is 5.57. The van der Waals surface area contributed by atoms with Crippen molar-refractivity contribution < 1.29 is 9.53 Å². The summed E-state index contributed by atoms with van der Waals surface area (Å²) >= 11 is 0. The quantitative estimate of drug-likeness (QED) is 0.554. The van der Waals surface area contributed by atoms with Crippen molar-refractivity contribution >= 4 is 11.6 Å². The third-order valence-electron chi connectivity index (χ3n) is 5.53. The zero-order chi connectivity index (χ0) is 21.0. The fourth-order valence-corrected chi connectivity index (χ4v) is 3.90. The predicted octanol–water partition coefficient (Wildman–Crippen LogP) is 5.23. The zero-order valence-electron chi connectivity index (χ0n) is 17.2. The maximum absolute atomic E-state index is 13.2. The lowest BCUT2D eigenvalue weighted by Crippen LogP contribution is -2.55. The molecule has 0 radical (unpaired) electrons. The van der Waals surface area contributed by atoms with Gasteiger partial charge in [0.2, 0.25) is 0 Å². The molecule has 0 aromatic heterocycles. The third kappa shape index (κ3) is 3.81. The number of para-hydroxylation sites is 1. The number of hydrogen-bond donors (Lipinski definition) is 1. The number of rotatable bonds is 7. The molecule has 1 unspecified atom stereocenters. The van der Waals surface area contributed by atoms with Crippen LogP contribution in [0.4, 0.5) is 5.69 Å². The molecule has 0 aliphatic carbocycles. The monoisotopic (exact) mass is 398 g/mol. The minimum Gasteiger partial charge on any atom is -0.493 e. The summed E-state index contributed by atoms with van der Waals surface area (Å²) in [7, 11) is 0. The number of carbonyl (C=O) groups is 1. The standard InChI is InChI=1S/C26H26N2O2/c1-3-17-28-25(29)23-14-7-8-15-24(23)27-26(28,2)21-12-9-13-22(19-21)30-18-16-20-10-5-4-6-11-20/h3-15,19,27H,1,16-18H2,2H3. The molecule has 1 atom stereocenters. The summed E-state index contributed by atoms with van der Waals surface area (Å²) < 4.78 is 6.03. The number of anilines is 1. The lowest BCUT2D eigenvalue weighted by Gasteiger charge is -2.46. The molecule has 152 valence electrons. The number of nitrogens with zero attached hydrogens (tertiary/aromatic N) is 1. The molecular formula is C26H26N2O2. The van der Waals surface area contributed by atoms with Crippen molar-refractivity contribution in [3.63, 3.8) is 0 Å². The molecule has 1 aliphatic rings. The highest BCUT2D eigenvalue weighted by Crippen LogP contribution is 2.38. The van der Waals surface area contributed by atoms with Gasteiger partial charge in [-0.3, -0.25) is 4.79 Å². The van der Waals surface area contributed by atoms with Crippen LogP contribution >= 0.6 is 0 Å². The van der Waals surface area contributed by atoms with Crippen LogP contribution in [0.3, 0.4) is 0 Å². The average Bonchev–Trinajstić information content (AvgIpc) is 2.78. The molecule has 0 fully saturated rings. The Bertz CT molecular complexity index is 1050. The molecule has 0 saturated heterocycles. The summed E-state index contributed by atoms with van der Waals surface area (Å²) in [6.45, 7) is 6.90. The lowest BCUT2D eigenvalue weighted by molar-refractivity contribution is 0.0572. The SMILES string of the molecule is C=CCN1C(=O)c2ccccc2NC1(C)c1cccc(OCCc2ccccc2)c1. The van der Waals surface area contributed by atoms with Gasteiger partial charge in [-0.25, -0.2) is 0 Å². The van der Waals surface area contributed by atoms with Gasteiger partial charge in [-0.15, -0.1) is 6.58 Å². The summed E-state index contributed by atoms with van der Waals surface area (Å²) in [6, 6.07) is 25.9. The van der Waals surface area contributed by atoms with E-state index in [0.29, 0.717) is 18.7 Å². The zero-order valence-corrected chi connectivity index (χ0v) is 17.2. The number of benzene rings is 3. The van der Waals surface area contributed by atoms with Gasteiger partial charge in [0, 0.05) is 24.2 Å². The first-order valence-electron chi connectivity index (χ1n) is 10.2. The topological polar surface area (TPSA) is 41.6 Å². The van der Waals surface area contributed by atoms with Gasteiger partial charge in [0.15, 0.2) is 0 Å². The molecule has 0 bridgehead atoms. The van der Waals surface area contributed by atoms with Gasteiger partial charge in [0.05, 0.1) is 12.2 Å². The Balaban J connectivity index is 1.59. The highest BCUT2D eigenvalue weighted by Gasteiger charge is 2.41. The first kappa shape index (κ1) is 19.8. The van der Waals surface area contributed by atoms with Gasteiger partial charge in [-0.05, 0) is 36.8 Å². The van der Waals surface area contributed by atoms with E-state index in [-0.39, 0.29) is 5.91 Å². The Hall–Kier alpha value is -3.53. The van der Waals surface area contributed by atoms with E-state index in [1.54, 1.807) is 6.08 Å². The van der Waals surface area contributed by atoms with Gasteiger partial charge in [-0.1, -0.05) is 60.7 Å². The molecule has 30 heavy (non-hydrogen) atoms. The number of ether oxygens (including phenoxy) is 1. The molecule has 0 spiro atoms. The van der Waals surface area contributed by atoms with Crippen molar-refractivity contribution in [1.29, 1.82) is 0 Å². The van der Waals surface area contributed by atoms with Crippen molar-refractivity contribution in [2.75, 3.05) is 18.5 Å². The van der Waals surface area contributed by atoms with Gasteiger partial charge < -0.3 is 15.0 Å². The smallest absolute Gasteiger partial charge is 0.258 e. The van der Waals surface area contributed by atoms with E-state index in [9.17, 15) is 4.79 Å². The number of hydrogen-bond acceptors (Lipinski definition) is 3. The first-order valence-corrected chi connectivity index (χ1v) is 10.2. The van der Waals surface area contributed by atoms with Crippen LogP contribution in [-0.4, -0.2) is 24.0 Å². The van der Waals surface area contributed by atoms with E-state index in [1.165, 1.54) is 5.56 Å². The van der Waals surface area contributed by atoms with Crippen LogP contribution < -0.4 is 10.1 Å². The summed E-state index contributed by atoms with van der Waals surface area (Å²) in [5, 5.41) is 3.57. The number of fused-ring (bicyclic) bond motifs is 1. The summed E-state index contributed by atoms with van der Waals surface area (Å²) in [5.41, 5.74) is 3.00. The van der Waals surface area contributed by atoms with Gasteiger partial charge in [0.25, 0.3) is 5.91 Å². The van der Waals surface area contributed by atoms with E-state index in [4.69, 9.17) is 4.74 Å². The normalized spacial score (nSPS) is 17.8. The Morgan fingerprint density at radius 2 is 1.80 bits per heavy atom. The molecule has 4 heteroatoms. The van der Waals surface area contributed by atoms with Crippen LogP contribution in [0.1, 0.15) is 28.4 Å². The van der Waals surface area contributed by atoms with Crippen LogP contribution in [-0.2, 0) is 12.1 Å². The second-order valence-electron chi connectivity index (χ2n) is 7.56. The molecule has 1 aliphatic heterocycles. The minimum absolute atomic E-state index is 0.0119. The van der Waals surface area contributed by atoms with Crippen molar-refractivity contribution in [3.05, 3.63) is 108 Å². The van der Waals surface area contributed by atoms with Crippen LogP contribution in [0.15, 0.2) is 91.5 Å². The molecule has 4 nitrogen and oxygen atoms in total. The Morgan fingerprint density at radius 1 is 1.03 bits per heavy atom. The van der Waals surface area contributed by atoms with Gasteiger partial charge in [-0.2, -0.15) is 0 Å². The molecule has 0 saturated carbocycles. The fraction of sp³-hybridized carbons (Fsp3) is 0.192. The molecule has 3 aromatic rings. The second-order valence-corrected chi connectivity index (χ2v) is 7.56. The van der Waals surface area contributed by atoms with E-state index in [2.05, 4.69) is 24.0 Å². The molecule has 1 N–H and O–H groups in total. The number of carbonyl (C=O) groups excluding carboxylic acids is 1. The van der Waals surface area contributed by atoms with Crippen molar-refractivity contribution in [2.24, 2.45) is 0 Å². The maximum Gasteiger partial charge on any atom is 0.258 e. The van der Waals surface area contributed by atoms with Crippen LogP contribution in [0.2, 0.25) is 0 Å². The van der Waals surface area contributed by atoms with Crippen LogP contribution in [0.5, 0.6) is 5.75 Å². The molecule has 1 heterocycles. The minimum atomic E-state index is -0.710. The molecule has 3 aromatic carbocycles. The number of nitrogens with one attached hydrogen (secondary N) is 1. The number of amides is 1. The second kappa shape index (κ2) is 8.46. The van der Waals surface area contributed by atoms with Crippen LogP contribution in [0.25, 0.3) is 0 Å². The summed E-state index contributed by atoms with van der Waals surface area (Å²) in [4.78, 5) is 15.0. The van der Waals surface area contributed by atoms with Crippen molar-refractivity contribution in [2.45, 2.75) is 19.0 Å².